The number of nitrogens with zero attached hydrogens (tertiary/aromatic N) is 1. The summed E-state index contributed by atoms with van der Waals surface area (Å²) in [6.45, 7) is 0. The Morgan fingerprint density at radius 1 is 1.16 bits per heavy atom. The second-order valence-electron chi connectivity index (χ2n) is 4.00. The van der Waals surface area contributed by atoms with Gasteiger partial charge in [0.05, 0.1) is 15.5 Å². The third-order valence-electron chi connectivity index (χ3n) is 2.76. The van der Waals surface area contributed by atoms with E-state index in [1.54, 1.807) is 30.3 Å². The van der Waals surface area contributed by atoms with E-state index in [4.69, 9.17) is 23.8 Å². The number of rotatable bonds is 1. The molecule has 2 aromatic rings. The SMILES string of the molecule is O=S1(c2ccccc2)=NC(=S)Nc2cc(Cl)ccc21. The van der Waals surface area contributed by atoms with Crippen molar-refractivity contribution in [3.05, 3.63) is 53.6 Å². The largest absolute Gasteiger partial charge is 0.329 e. The van der Waals surface area contributed by atoms with Crippen molar-refractivity contribution in [2.45, 2.75) is 9.79 Å². The fourth-order valence-electron chi connectivity index (χ4n) is 1.93. The monoisotopic (exact) mass is 308 g/mol. The molecule has 0 saturated carbocycles. The zero-order chi connectivity index (χ0) is 13.5. The minimum atomic E-state index is -2.73. The van der Waals surface area contributed by atoms with E-state index in [-0.39, 0.29) is 5.11 Å². The van der Waals surface area contributed by atoms with Gasteiger partial charge in [-0.15, -0.1) is 0 Å². The number of anilines is 1. The molecule has 0 saturated heterocycles. The Kier molecular flexibility index (Phi) is 3.05. The summed E-state index contributed by atoms with van der Waals surface area (Å²) in [6.07, 6.45) is 0. The van der Waals surface area contributed by atoms with Crippen LogP contribution in [0.5, 0.6) is 0 Å². The molecule has 3 rings (SSSR count). The molecule has 0 radical (unpaired) electrons. The number of hydrogen-bond donors (Lipinski definition) is 1. The molecule has 0 amide bonds. The van der Waals surface area contributed by atoms with Crippen molar-refractivity contribution in [1.29, 1.82) is 0 Å². The molecule has 0 aliphatic carbocycles. The predicted octanol–water partition coefficient (Wildman–Crippen LogP) is 3.94. The van der Waals surface area contributed by atoms with Crippen LogP contribution >= 0.6 is 23.8 Å². The summed E-state index contributed by atoms with van der Waals surface area (Å²) in [5, 5.41) is 3.70. The van der Waals surface area contributed by atoms with Crippen molar-refractivity contribution in [1.82, 2.24) is 0 Å². The van der Waals surface area contributed by atoms with Gasteiger partial charge in [-0.05, 0) is 42.5 Å². The molecule has 6 heteroatoms. The lowest BCUT2D eigenvalue weighted by molar-refractivity contribution is 0.677. The van der Waals surface area contributed by atoms with Crippen molar-refractivity contribution in [2.75, 3.05) is 5.32 Å². The standard InChI is InChI=1S/C13H9ClN2OS2/c14-9-6-7-12-11(8-9)15-13(18)16-19(12,17)10-4-2-1-3-5-10/h1-8H,(H,15,16,17,18). The molecular weight excluding hydrogens is 300 g/mol. The Morgan fingerprint density at radius 2 is 1.89 bits per heavy atom. The van der Waals surface area contributed by atoms with Gasteiger partial charge in [0.2, 0.25) is 5.11 Å². The van der Waals surface area contributed by atoms with E-state index >= 15 is 0 Å². The number of benzene rings is 2. The summed E-state index contributed by atoms with van der Waals surface area (Å²) in [5.74, 6) is 0. The normalized spacial score (nSPS) is 21.2. The molecule has 0 fully saturated rings. The van der Waals surface area contributed by atoms with Crippen molar-refractivity contribution < 1.29 is 4.21 Å². The van der Waals surface area contributed by atoms with Crippen LogP contribution in [0.3, 0.4) is 0 Å². The summed E-state index contributed by atoms with van der Waals surface area (Å²) in [5.41, 5.74) is 0.654. The second-order valence-corrected chi connectivity index (χ2v) is 6.97. The first kappa shape index (κ1) is 12.6. The highest BCUT2D eigenvalue weighted by molar-refractivity contribution is 7.95. The highest BCUT2D eigenvalue weighted by atomic mass is 35.5. The van der Waals surface area contributed by atoms with Crippen molar-refractivity contribution in [2.24, 2.45) is 4.36 Å². The highest BCUT2D eigenvalue weighted by Gasteiger charge is 2.25. The fourth-order valence-corrected chi connectivity index (χ4v) is 4.45. The van der Waals surface area contributed by atoms with E-state index in [2.05, 4.69) is 9.68 Å². The van der Waals surface area contributed by atoms with Crippen molar-refractivity contribution in [3.8, 4) is 0 Å². The Balaban J connectivity index is 2.33. The lowest BCUT2D eigenvalue weighted by atomic mass is 10.3. The molecule has 1 heterocycles. The van der Waals surface area contributed by atoms with Crippen LogP contribution in [0, 0.1) is 0 Å². The van der Waals surface area contributed by atoms with Crippen LogP contribution < -0.4 is 5.32 Å². The van der Waals surface area contributed by atoms with E-state index in [1.165, 1.54) is 0 Å². The second kappa shape index (κ2) is 4.59. The summed E-state index contributed by atoms with van der Waals surface area (Å²) in [6, 6.07) is 14.3. The van der Waals surface area contributed by atoms with E-state index in [0.717, 1.165) is 0 Å². The molecule has 1 unspecified atom stereocenters. The maximum absolute atomic E-state index is 13.2. The zero-order valence-corrected chi connectivity index (χ0v) is 12.1. The maximum atomic E-state index is 13.2. The van der Waals surface area contributed by atoms with Crippen LogP contribution in [-0.2, 0) is 9.73 Å². The van der Waals surface area contributed by atoms with Gasteiger partial charge in [-0.1, -0.05) is 29.8 Å². The Labute approximate surface area is 121 Å². The van der Waals surface area contributed by atoms with Crippen LogP contribution in [-0.4, -0.2) is 9.32 Å². The summed E-state index contributed by atoms with van der Waals surface area (Å²) < 4.78 is 17.4. The summed E-state index contributed by atoms with van der Waals surface area (Å²) in [4.78, 5) is 1.25. The smallest absolute Gasteiger partial charge is 0.206 e. The van der Waals surface area contributed by atoms with Gasteiger partial charge in [-0.3, -0.25) is 0 Å². The Morgan fingerprint density at radius 3 is 2.63 bits per heavy atom. The molecule has 1 N–H and O–H groups in total. The van der Waals surface area contributed by atoms with Crippen molar-refractivity contribution in [3.63, 3.8) is 0 Å². The average Bonchev–Trinajstić information content (AvgIpc) is 2.39. The average molecular weight is 309 g/mol. The topological polar surface area (TPSA) is 41.5 Å². The van der Waals surface area contributed by atoms with E-state index in [9.17, 15) is 4.21 Å². The van der Waals surface area contributed by atoms with Crippen LogP contribution in [0.4, 0.5) is 5.69 Å². The van der Waals surface area contributed by atoms with E-state index in [0.29, 0.717) is 20.5 Å². The van der Waals surface area contributed by atoms with Gasteiger partial charge in [-0.2, -0.15) is 4.36 Å². The van der Waals surface area contributed by atoms with Gasteiger partial charge < -0.3 is 5.32 Å². The van der Waals surface area contributed by atoms with Gasteiger partial charge in [0.25, 0.3) is 0 Å². The van der Waals surface area contributed by atoms with Gasteiger partial charge in [0.1, 0.15) is 9.73 Å². The number of hydrogen-bond acceptors (Lipinski definition) is 2. The first-order chi connectivity index (χ1) is 9.09. The van der Waals surface area contributed by atoms with Gasteiger partial charge in [0.15, 0.2) is 0 Å². The molecule has 1 aliphatic heterocycles. The summed E-state index contributed by atoms with van der Waals surface area (Å²) in [7, 11) is -2.73. The Bertz CT molecular complexity index is 780. The van der Waals surface area contributed by atoms with Crippen LogP contribution in [0.15, 0.2) is 62.7 Å². The Hall–Kier alpha value is -1.43. The molecule has 1 aliphatic rings. The van der Waals surface area contributed by atoms with Crippen LogP contribution in [0.2, 0.25) is 5.02 Å². The number of fused-ring (bicyclic) bond motifs is 1. The van der Waals surface area contributed by atoms with Crippen molar-refractivity contribution >= 4 is 44.3 Å². The third-order valence-corrected chi connectivity index (χ3v) is 5.60. The molecule has 0 bridgehead atoms. The zero-order valence-electron chi connectivity index (χ0n) is 9.67. The number of thiocarbonyl (C=S) groups is 1. The van der Waals surface area contributed by atoms with Gasteiger partial charge in [-0.25, -0.2) is 4.21 Å². The first-order valence-corrected chi connectivity index (χ1v) is 7.82. The first-order valence-electron chi connectivity index (χ1n) is 5.52. The molecule has 2 aromatic carbocycles. The van der Waals surface area contributed by atoms with E-state index in [1.807, 2.05) is 18.2 Å². The molecule has 96 valence electrons. The lowest BCUT2D eigenvalue weighted by Crippen LogP contribution is -2.19. The molecule has 1 atom stereocenters. The molecule has 3 nitrogen and oxygen atoms in total. The maximum Gasteiger partial charge on any atom is 0.206 e. The quantitative estimate of drug-likeness (QED) is 0.811. The molecule has 0 spiro atoms. The molecule has 19 heavy (non-hydrogen) atoms. The third kappa shape index (κ3) is 2.14. The number of nitrogens with one attached hydrogen (secondary N) is 1. The number of halogens is 1. The highest BCUT2D eigenvalue weighted by Crippen LogP contribution is 2.34. The molecule has 0 aromatic heterocycles. The summed E-state index contributed by atoms with van der Waals surface area (Å²) >= 11 is 11.0. The van der Waals surface area contributed by atoms with Gasteiger partial charge >= 0.3 is 0 Å². The van der Waals surface area contributed by atoms with Gasteiger partial charge in [0, 0.05) is 5.02 Å². The van der Waals surface area contributed by atoms with Crippen LogP contribution in [0.1, 0.15) is 0 Å². The lowest BCUT2D eigenvalue weighted by Gasteiger charge is -2.20. The van der Waals surface area contributed by atoms with Crippen LogP contribution in [0.25, 0.3) is 0 Å². The van der Waals surface area contributed by atoms with E-state index < -0.39 is 9.73 Å². The molecular formula is C13H9ClN2OS2. The minimum absolute atomic E-state index is 0.212. The minimum Gasteiger partial charge on any atom is -0.329 e. The fraction of sp³-hybridized carbons (Fsp3) is 0. The predicted molar refractivity (Wildman–Crippen MR) is 81.2 cm³/mol.